The van der Waals surface area contributed by atoms with Crippen LogP contribution in [0.15, 0.2) is 18.3 Å². The van der Waals surface area contributed by atoms with Crippen LogP contribution in [0.4, 0.5) is 4.79 Å². The van der Waals surface area contributed by atoms with Gasteiger partial charge in [0.1, 0.15) is 0 Å². The standard InChI is InChI=1S/C15H24N4O3/c1-12(11-19-6-8-22-9-7-19)18-15(20)17-10-13-4-3-5-16-14(13)21-2/h3-5,12H,6-11H2,1-2H3,(H2,17,18,20)/t12-/m1/s1. The summed E-state index contributed by atoms with van der Waals surface area (Å²) in [6.45, 7) is 6.57. The Morgan fingerprint density at radius 3 is 3.00 bits per heavy atom. The molecular formula is C15H24N4O3. The van der Waals surface area contributed by atoms with Crippen LogP contribution in [0.1, 0.15) is 12.5 Å². The zero-order valence-corrected chi connectivity index (χ0v) is 13.2. The predicted octanol–water partition coefficient (Wildman–Crippen LogP) is 0.610. The second kappa shape index (κ2) is 8.55. The zero-order chi connectivity index (χ0) is 15.8. The number of carbonyl (C=O) groups excluding carboxylic acids is 1. The zero-order valence-electron chi connectivity index (χ0n) is 13.2. The summed E-state index contributed by atoms with van der Waals surface area (Å²) >= 11 is 0. The summed E-state index contributed by atoms with van der Waals surface area (Å²) in [5.74, 6) is 0.532. The summed E-state index contributed by atoms with van der Waals surface area (Å²) in [5, 5.41) is 5.77. The summed E-state index contributed by atoms with van der Waals surface area (Å²) in [6, 6.07) is 3.59. The number of hydrogen-bond acceptors (Lipinski definition) is 5. The number of amides is 2. The first-order valence-corrected chi connectivity index (χ1v) is 7.51. The van der Waals surface area contributed by atoms with Gasteiger partial charge >= 0.3 is 6.03 Å². The van der Waals surface area contributed by atoms with Gasteiger partial charge in [-0.05, 0) is 13.0 Å². The molecule has 1 fully saturated rings. The number of methoxy groups -OCH3 is 1. The molecule has 2 heterocycles. The summed E-state index contributed by atoms with van der Waals surface area (Å²) in [6.07, 6.45) is 1.66. The number of nitrogens with zero attached hydrogens (tertiary/aromatic N) is 2. The first-order valence-electron chi connectivity index (χ1n) is 7.51. The highest BCUT2D eigenvalue weighted by Gasteiger charge is 2.15. The van der Waals surface area contributed by atoms with Crippen molar-refractivity contribution in [1.82, 2.24) is 20.5 Å². The van der Waals surface area contributed by atoms with E-state index in [4.69, 9.17) is 9.47 Å². The number of rotatable bonds is 6. The van der Waals surface area contributed by atoms with Crippen molar-refractivity contribution in [2.75, 3.05) is 40.0 Å². The molecule has 1 aliphatic rings. The number of carbonyl (C=O) groups is 1. The van der Waals surface area contributed by atoms with Crippen molar-refractivity contribution in [3.8, 4) is 5.88 Å². The van der Waals surface area contributed by atoms with Gasteiger partial charge in [0.25, 0.3) is 0 Å². The molecule has 1 aliphatic heterocycles. The van der Waals surface area contributed by atoms with Crippen molar-refractivity contribution in [2.45, 2.75) is 19.5 Å². The summed E-state index contributed by atoms with van der Waals surface area (Å²) in [4.78, 5) is 18.3. The molecule has 1 atom stereocenters. The lowest BCUT2D eigenvalue weighted by Crippen LogP contribution is -2.48. The highest BCUT2D eigenvalue weighted by atomic mass is 16.5. The van der Waals surface area contributed by atoms with Crippen LogP contribution in [0, 0.1) is 0 Å². The third-order valence-electron chi connectivity index (χ3n) is 3.50. The molecule has 22 heavy (non-hydrogen) atoms. The minimum atomic E-state index is -0.188. The molecule has 7 heteroatoms. The van der Waals surface area contributed by atoms with E-state index in [1.807, 2.05) is 19.1 Å². The minimum Gasteiger partial charge on any atom is -0.481 e. The van der Waals surface area contributed by atoms with Crippen LogP contribution in [0.2, 0.25) is 0 Å². The minimum absolute atomic E-state index is 0.0777. The molecule has 0 saturated carbocycles. The Morgan fingerprint density at radius 1 is 1.50 bits per heavy atom. The third-order valence-corrected chi connectivity index (χ3v) is 3.50. The fourth-order valence-corrected chi connectivity index (χ4v) is 2.41. The van der Waals surface area contributed by atoms with Gasteiger partial charge in [-0.1, -0.05) is 6.07 Å². The van der Waals surface area contributed by atoms with E-state index in [1.165, 1.54) is 0 Å². The Kier molecular flexibility index (Phi) is 6.42. The Hall–Kier alpha value is -1.86. The number of aromatic nitrogens is 1. The van der Waals surface area contributed by atoms with Gasteiger partial charge in [-0.3, -0.25) is 4.90 Å². The van der Waals surface area contributed by atoms with Gasteiger partial charge in [-0.25, -0.2) is 9.78 Å². The van der Waals surface area contributed by atoms with E-state index in [1.54, 1.807) is 13.3 Å². The monoisotopic (exact) mass is 308 g/mol. The molecule has 0 bridgehead atoms. The largest absolute Gasteiger partial charge is 0.481 e. The molecule has 122 valence electrons. The first-order chi connectivity index (χ1) is 10.7. The number of hydrogen-bond donors (Lipinski definition) is 2. The number of pyridine rings is 1. The van der Waals surface area contributed by atoms with E-state index in [2.05, 4.69) is 20.5 Å². The summed E-state index contributed by atoms with van der Waals surface area (Å²) in [7, 11) is 1.57. The molecule has 0 aromatic carbocycles. The van der Waals surface area contributed by atoms with Crippen LogP contribution in [0.25, 0.3) is 0 Å². The molecule has 7 nitrogen and oxygen atoms in total. The Bertz CT molecular complexity index is 478. The Balaban J connectivity index is 1.72. The van der Waals surface area contributed by atoms with Gasteiger partial charge in [0.05, 0.1) is 20.3 Å². The fraction of sp³-hybridized carbons (Fsp3) is 0.600. The molecule has 1 saturated heterocycles. The maximum Gasteiger partial charge on any atom is 0.315 e. The van der Waals surface area contributed by atoms with E-state index in [-0.39, 0.29) is 12.1 Å². The van der Waals surface area contributed by atoms with Crippen molar-refractivity contribution in [1.29, 1.82) is 0 Å². The molecule has 2 rings (SSSR count). The van der Waals surface area contributed by atoms with Crippen molar-refractivity contribution >= 4 is 6.03 Å². The average Bonchev–Trinajstić information content (AvgIpc) is 2.54. The van der Waals surface area contributed by atoms with Gasteiger partial charge in [0.2, 0.25) is 5.88 Å². The van der Waals surface area contributed by atoms with Crippen molar-refractivity contribution in [2.24, 2.45) is 0 Å². The van der Waals surface area contributed by atoms with Crippen LogP contribution < -0.4 is 15.4 Å². The topological polar surface area (TPSA) is 75.7 Å². The van der Waals surface area contributed by atoms with Crippen molar-refractivity contribution < 1.29 is 14.3 Å². The van der Waals surface area contributed by atoms with Gasteiger partial charge in [-0.2, -0.15) is 0 Å². The smallest absolute Gasteiger partial charge is 0.315 e. The van der Waals surface area contributed by atoms with Gasteiger partial charge < -0.3 is 20.1 Å². The van der Waals surface area contributed by atoms with Crippen molar-refractivity contribution in [3.63, 3.8) is 0 Å². The second-order valence-corrected chi connectivity index (χ2v) is 5.31. The van der Waals surface area contributed by atoms with E-state index in [9.17, 15) is 4.79 Å². The number of ether oxygens (including phenoxy) is 2. The molecule has 2 amide bonds. The number of urea groups is 1. The summed E-state index contributed by atoms with van der Waals surface area (Å²) < 4.78 is 10.5. The lowest BCUT2D eigenvalue weighted by atomic mass is 10.2. The molecule has 1 aromatic heterocycles. The normalized spacial score (nSPS) is 16.8. The SMILES string of the molecule is COc1ncccc1CNC(=O)N[C@H](C)CN1CCOCC1. The summed E-state index contributed by atoms with van der Waals surface area (Å²) in [5.41, 5.74) is 0.848. The highest BCUT2D eigenvalue weighted by Crippen LogP contribution is 2.12. The Labute approximate surface area is 131 Å². The quantitative estimate of drug-likeness (QED) is 0.805. The average molecular weight is 308 g/mol. The van der Waals surface area contributed by atoms with Gasteiger partial charge in [0, 0.05) is 44.0 Å². The van der Waals surface area contributed by atoms with E-state index in [0.717, 1.165) is 38.4 Å². The molecule has 0 spiro atoms. The molecule has 1 aromatic rings. The van der Waals surface area contributed by atoms with Crippen LogP contribution >= 0.6 is 0 Å². The van der Waals surface area contributed by atoms with Gasteiger partial charge in [0.15, 0.2) is 0 Å². The van der Waals surface area contributed by atoms with Gasteiger partial charge in [-0.15, -0.1) is 0 Å². The lowest BCUT2D eigenvalue weighted by Gasteiger charge is -2.29. The molecule has 2 N–H and O–H groups in total. The van der Waals surface area contributed by atoms with Crippen LogP contribution in [0.3, 0.4) is 0 Å². The fourth-order valence-electron chi connectivity index (χ4n) is 2.41. The predicted molar refractivity (Wildman–Crippen MR) is 82.9 cm³/mol. The molecule has 0 unspecified atom stereocenters. The first kappa shape index (κ1) is 16.5. The van der Waals surface area contributed by atoms with Crippen LogP contribution in [-0.4, -0.2) is 61.9 Å². The Morgan fingerprint density at radius 2 is 2.27 bits per heavy atom. The number of morpholine rings is 1. The van der Waals surface area contributed by atoms with Crippen LogP contribution in [0.5, 0.6) is 5.88 Å². The molecule has 0 radical (unpaired) electrons. The molecular weight excluding hydrogens is 284 g/mol. The third kappa shape index (κ3) is 5.16. The highest BCUT2D eigenvalue weighted by molar-refractivity contribution is 5.74. The maximum atomic E-state index is 11.9. The van der Waals surface area contributed by atoms with E-state index in [0.29, 0.717) is 12.4 Å². The van der Waals surface area contributed by atoms with Crippen molar-refractivity contribution in [3.05, 3.63) is 23.9 Å². The van der Waals surface area contributed by atoms with E-state index < -0.39 is 0 Å². The second-order valence-electron chi connectivity index (χ2n) is 5.31. The molecule has 0 aliphatic carbocycles. The maximum absolute atomic E-state index is 11.9. The van der Waals surface area contributed by atoms with Crippen LogP contribution in [-0.2, 0) is 11.3 Å². The number of nitrogens with one attached hydrogen (secondary N) is 2. The lowest BCUT2D eigenvalue weighted by molar-refractivity contribution is 0.0349. The van der Waals surface area contributed by atoms with E-state index >= 15 is 0 Å².